The Morgan fingerprint density at radius 3 is 2.22 bits per heavy atom. The molecule has 0 spiro atoms. The van der Waals surface area contributed by atoms with Crippen LogP contribution in [0.3, 0.4) is 0 Å². The van der Waals surface area contributed by atoms with Gasteiger partial charge in [-0.15, -0.1) is 0 Å². The Bertz CT molecular complexity index is 631. The first-order valence-electron chi connectivity index (χ1n) is 8.57. The summed E-state index contributed by atoms with van der Waals surface area (Å²) in [6.45, 7) is 5.22. The first-order chi connectivity index (χ1) is 12.7. The molecule has 2 N–H and O–H groups in total. The normalized spacial score (nSPS) is 13.2. The number of esters is 1. The average molecular weight is 397 g/mol. The molecule has 0 aliphatic carbocycles. The van der Waals surface area contributed by atoms with Crippen molar-refractivity contribution >= 4 is 29.7 Å². The third kappa shape index (κ3) is 8.81. The summed E-state index contributed by atoms with van der Waals surface area (Å²) in [4.78, 5) is 36.8. The quantitative estimate of drug-likeness (QED) is 0.654. The Morgan fingerprint density at radius 1 is 1.07 bits per heavy atom. The van der Waals surface area contributed by atoms with Crippen molar-refractivity contribution in [2.24, 2.45) is 0 Å². The Labute approximate surface area is 164 Å². The number of thioether (sulfide) groups is 1. The molecule has 0 radical (unpaired) electrons. The lowest BCUT2D eigenvalue weighted by Gasteiger charge is -2.24. The predicted molar refractivity (Wildman–Crippen MR) is 106 cm³/mol. The lowest BCUT2D eigenvalue weighted by Crippen LogP contribution is -2.54. The zero-order valence-electron chi connectivity index (χ0n) is 16.4. The van der Waals surface area contributed by atoms with E-state index in [-0.39, 0.29) is 6.42 Å². The molecule has 0 saturated heterocycles. The topological polar surface area (TPSA) is 93.7 Å². The third-order valence-corrected chi connectivity index (χ3v) is 4.09. The molecule has 27 heavy (non-hydrogen) atoms. The van der Waals surface area contributed by atoms with Gasteiger partial charge in [-0.05, 0) is 32.6 Å². The van der Waals surface area contributed by atoms with Crippen molar-refractivity contribution in [2.75, 3.05) is 19.1 Å². The molecule has 0 saturated carbocycles. The number of benzene rings is 1. The monoisotopic (exact) mass is 396 g/mol. The lowest BCUT2D eigenvalue weighted by atomic mass is 10.1. The molecule has 1 rings (SSSR count). The first-order valence-corrected chi connectivity index (χ1v) is 9.96. The summed E-state index contributed by atoms with van der Waals surface area (Å²) in [6.07, 6.45) is 1.39. The molecule has 0 aromatic heterocycles. The minimum absolute atomic E-state index is 0.263. The van der Waals surface area contributed by atoms with Gasteiger partial charge < -0.3 is 20.1 Å². The Kier molecular flexibility index (Phi) is 9.14. The van der Waals surface area contributed by atoms with Crippen LogP contribution in [-0.4, -0.2) is 54.8 Å². The molecular formula is C19H28N2O5S. The van der Waals surface area contributed by atoms with Crippen LogP contribution in [0, 0.1) is 0 Å². The number of methoxy groups -OCH3 is 1. The van der Waals surface area contributed by atoms with Gasteiger partial charge in [0.05, 0.1) is 7.11 Å². The fraction of sp³-hybridized carbons (Fsp3) is 0.526. The maximum Gasteiger partial charge on any atom is 0.408 e. The fourth-order valence-electron chi connectivity index (χ4n) is 2.26. The van der Waals surface area contributed by atoms with E-state index in [1.54, 1.807) is 20.8 Å². The average Bonchev–Trinajstić information content (AvgIpc) is 2.59. The van der Waals surface area contributed by atoms with E-state index in [2.05, 4.69) is 10.6 Å². The van der Waals surface area contributed by atoms with Gasteiger partial charge in [0.2, 0.25) is 5.91 Å². The van der Waals surface area contributed by atoms with E-state index in [0.717, 1.165) is 5.56 Å². The first kappa shape index (κ1) is 22.8. The standard InChI is InChI=1S/C19H28N2O5S/c1-19(2,3)26-18(24)21-14(11-13-9-7-6-8-10-13)16(22)20-15(12-27-5)17(23)25-4/h6-10,14-15H,11-12H2,1-5H3,(H,20,22)(H,21,24)/t14-,15-/m0/s1. The minimum atomic E-state index is -0.892. The van der Waals surface area contributed by atoms with E-state index in [1.807, 2.05) is 36.6 Å². The summed E-state index contributed by atoms with van der Waals surface area (Å²) < 4.78 is 9.98. The highest BCUT2D eigenvalue weighted by molar-refractivity contribution is 7.98. The molecule has 0 heterocycles. The molecule has 1 aromatic rings. The second-order valence-electron chi connectivity index (χ2n) is 6.93. The summed E-state index contributed by atoms with van der Waals surface area (Å²) in [5, 5.41) is 5.25. The maximum absolute atomic E-state index is 12.8. The largest absolute Gasteiger partial charge is 0.467 e. The molecule has 0 aliphatic heterocycles. The van der Waals surface area contributed by atoms with Gasteiger partial charge in [-0.25, -0.2) is 9.59 Å². The van der Waals surface area contributed by atoms with Crippen molar-refractivity contribution in [1.29, 1.82) is 0 Å². The van der Waals surface area contributed by atoms with Crippen LogP contribution in [0.15, 0.2) is 30.3 Å². The highest BCUT2D eigenvalue weighted by Crippen LogP contribution is 2.09. The van der Waals surface area contributed by atoms with Gasteiger partial charge in [0.1, 0.15) is 17.7 Å². The van der Waals surface area contributed by atoms with Crippen LogP contribution in [0.2, 0.25) is 0 Å². The smallest absolute Gasteiger partial charge is 0.408 e. The molecule has 2 amide bonds. The van der Waals surface area contributed by atoms with E-state index < -0.39 is 35.7 Å². The van der Waals surface area contributed by atoms with E-state index in [9.17, 15) is 14.4 Å². The van der Waals surface area contributed by atoms with Crippen LogP contribution in [0.5, 0.6) is 0 Å². The van der Waals surface area contributed by atoms with Crippen molar-refractivity contribution in [3.63, 3.8) is 0 Å². The Morgan fingerprint density at radius 2 is 1.70 bits per heavy atom. The van der Waals surface area contributed by atoms with Crippen molar-refractivity contribution in [2.45, 2.75) is 44.9 Å². The van der Waals surface area contributed by atoms with Gasteiger partial charge in [0, 0.05) is 12.2 Å². The molecule has 0 unspecified atom stereocenters. The number of nitrogens with one attached hydrogen (secondary N) is 2. The van der Waals surface area contributed by atoms with Crippen molar-refractivity contribution in [1.82, 2.24) is 10.6 Å². The molecule has 0 bridgehead atoms. The number of carbonyl (C=O) groups excluding carboxylic acids is 3. The van der Waals surface area contributed by atoms with Crippen LogP contribution >= 0.6 is 11.8 Å². The summed E-state index contributed by atoms with van der Waals surface area (Å²) in [5.74, 6) is -0.647. The summed E-state index contributed by atoms with van der Waals surface area (Å²) >= 11 is 1.41. The molecule has 1 aromatic carbocycles. The summed E-state index contributed by atoms with van der Waals surface area (Å²) in [7, 11) is 1.27. The number of alkyl carbamates (subject to hydrolysis) is 1. The number of hydrogen-bond donors (Lipinski definition) is 2. The SMILES string of the molecule is COC(=O)[C@H](CSC)NC(=O)[C@H](Cc1ccccc1)NC(=O)OC(C)(C)C. The molecule has 2 atom stereocenters. The van der Waals surface area contributed by atoms with Gasteiger partial charge in [0.15, 0.2) is 0 Å². The number of rotatable bonds is 8. The van der Waals surface area contributed by atoms with Crippen LogP contribution in [0.1, 0.15) is 26.3 Å². The summed E-state index contributed by atoms with van der Waals surface area (Å²) in [5.41, 5.74) is 0.179. The molecule has 0 aliphatic rings. The predicted octanol–water partition coefficient (Wildman–Crippen LogP) is 2.14. The van der Waals surface area contributed by atoms with Crippen LogP contribution < -0.4 is 10.6 Å². The van der Waals surface area contributed by atoms with E-state index in [4.69, 9.17) is 9.47 Å². The van der Waals surface area contributed by atoms with E-state index >= 15 is 0 Å². The highest BCUT2D eigenvalue weighted by atomic mass is 32.2. The van der Waals surface area contributed by atoms with Gasteiger partial charge in [-0.2, -0.15) is 11.8 Å². The number of amides is 2. The Balaban J connectivity index is 2.92. The third-order valence-electron chi connectivity index (χ3n) is 3.43. The van der Waals surface area contributed by atoms with Gasteiger partial charge in [-0.3, -0.25) is 4.79 Å². The molecule has 8 heteroatoms. The van der Waals surface area contributed by atoms with E-state index in [1.165, 1.54) is 18.9 Å². The van der Waals surface area contributed by atoms with Gasteiger partial charge in [0.25, 0.3) is 0 Å². The van der Waals surface area contributed by atoms with Crippen LogP contribution in [0.4, 0.5) is 4.79 Å². The van der Waals surface area contributed by atoms with Crippen molar-refractivity contribution in [3.8, 4) is 0 Å². The van der Waals surface area contributed by atoms with E-state index in [0.29, 0.717) is 5.75 Å². The number of hydrogen-bond acceptors (Lipinski definition) is 6. The van der Waals surface area contributed by atoms with Gasteiger partial charge in [-0.1, -0.05) is 30.3 Å². The molecule has 0 fully saturated rings. The zero-order valence-corrected chi connectivity index (χ0v) is 17.2. The molecular weight excluding hydrogens is 368 g/mol. The minimum Gasteiger partial charge on any atom is -0.467 e. The second-order valence-corrected chi connectivity index (χ2v) is 7.84. The van der Waals surface area contributed by atoms with Crippen molar-refractivity contribution in [3.05, 3.63) is 35.9 Å². The molecule has 150 valence electrons. The number of carbonyl (C=O) groups is 3. The maximum atomic E-state index is 12.8. The number of ether oxygens (including phenoxy) is 2. The van der Waals surface area contributed by atoms with Gasteiger partial charge >= 0.3 is 12.1 Å². The van der Waals surface area contributed by atoms with Crippen LogP contribution in [0.25, 0.3) is 0 Å². The van der Waals surface area contributed by atoms with Crippen molar-refractivity contribution < 1.29 is 23.9 Å². The van der Waals surface area contributed by atoms with Crippen LogP contribution in [-0.2, 0) is 25.5 Å². The lowest BCUT2D eigenvalue weighted by molar-refractivity contribution is -0.144. The second kappa shape index (κ2) is 10.8. The molecule has 7 nitrogen and oxygen atoms in total. The highest BCUT2D eigenvalue weighted by Gasteiger charge is 2.28. The Hall–Kier alpha value is -2.22. The summed E-state index contributed by atoms with van der Waals surface area (Å²) in [6, 6.07) is 7.59. The fourth-order valence-corrected chi connectivity index (χ4v) is 2.81. The zero-order chi connectivity index (χ0) is 20.4.